The van der Waals surface area contributed by atoms with Crippen LogP contribution in [-0.4, -0.2) is 9.38 Å². The van der Waals surface area contributed by atoms with Crippen LogP contribution in [-0.2, 0) is 6.42 Å². The molecular formula is C33H32N2. The summed E-state index contributed by atoms with van der Waals surface area (Å²) in [6.07, 6.45) is 9.44. The number of aryl methyl sites for hydroxylation is 4. The summed E-state index contributed by atoms with van der Waals surface area (Å²) in [7, 11) is 0. The summed E-state index contributed by atoms with van der Waals surface area (Å²) in [6, 6.07) is 16.3. The summed E-state index contributed by atoms with van der Waals surface area (Å²) >= 11 is 0. The Morgan fingerprint density at radius 2 is 1.80 bits per heavy atom. The van der Waals surface area contributed by atoms with Gasteiger partial charge in [0.2, 0.25) is 0 Å². The van der Waals surface area contributed by atoms with E-state index in [1.165, 1.54) is 103 Å². The minimum Gasteiger partial charge on any atom is -0.308 e. The number of allylic oxidation sites excluding steroid dienone is 1. The first-order valence-electron chi connectivity index (χ1n) is 13.1. The second-order valence-electron chi connectivity index (χ2n) is 11.1. The van der Waals surface area contributed by atoms with Crippen molar-refractivity contribution in [1.82, 2.24) is 9.38 Å². The predicted molar refractivity (Wildman–Crippen MR) is 150 cm³/mol. The van der Waals surface area contributed by atoms with Gasteiger partial charge in [-0.25, -0.2) is 0 Å². The van der Waals surface area contributed by atoms with Crippen LogP contribution in [0.15, 0.2) is 60.8 Å². The summed E-state index contributed by atoms with van der Waals surface area (Å²) < 4.78 is 2.55. The molecule has 1 aliphatic carbocycles. The van der Waals surface area contributed by atoms with E-state index in [2.05, 4.69) is 74.2 Å². The fourth-order valence-corrected chi connectivity index (χ4v) is 7.00. The number of pyridine rings is 2. The first kappa shape index (κ1) is 20.9. The molecule has 1 unspecified atom stereocenters. The zero-order valence-electron chi connectivity index (χ0n) is 21.0. The average Bonchev–Trinajstić information content (AvgIpc) is 3.16. The van der Waals surface area contributed by atoms with E-state index in [0.29, 0.717) is 0 Å². The van der Waals surface area contributed by atoms with Gasteiger partial charge in [0.05, 0.1) is 22.1 Å². The summed E-state index contributed by atoms with van der Waals surface area (Å²) in [5.41, 5.74) is 12.0. The Morgan fingerprint density at radius 1 is 0.943 bits per heavy atom. The summed E-state index contributed by atoms with van der Waals surface area (Å²) in [5, 5.41) is 6.70. The maximum Gasteiger partial charge on any atom is 0.0822 e. The Kier molecular flexibility index (Phi) is 4.52. The maximum atomic E-state index is 4.97. The molecular weight excluding hydrogens is 424 g/mol. The van der Waals surface area contributed by atoms with Gasteiger partial charge >= 0.3 is 0 Å². The van der Waals surface area contributed by atoms with E-state index in [4.69, 9.17) is 4.98 Å². The highest BCUT2D eigenvalue weighted by Crippen LogP contribution is 2.44. The van der Waals surface area contributed by atoms with Crippen molar-refractivity contribution >= 4 is 49.0 Å². The predicted octanol–water partition coefficient (Wildman–Crippen LogP) is 8.99. The van der Waals surface area contributed by atoms with Crippen molar-refractivity contribution in [2.45, 2.75) is 59.3 Å². The van der Waals surface area contributed by atoms with Crippen molar-refractivity contribution in [3.8, 4) is 0 Å². The molecule has 1 saturated carbocycles. The second kappa shape index (κ2) is 7.55. The molecule has 0 aliphatic heterocycles. The van der Waals surface area contributed by atoms with Crippen molar-refractivity contribution in [2.24, 2.45) is 5.92 Å². The molecule has 2 nitrogen and oxygen atoms in total. The van der Waals surface area contributed by atoms with E-state index in [1.54, 1.807) is 0 Å². The average molecular weight is 457 g/mol. The highest BCUT2D eigenvalue weighted by Gasteiger charge is 2.23. The third-order valence-corrected chi connectivity index (χ3v) is 8.46. The van der Waals surface area contributed by atoms with Crippen LogP contribution in [0.3, 0.4) is 0 Å². The first-order valence-corrected chi connectivity index (χ1v) is 13.1. The molecule has 3 aromatic heterocycles. The third-order valence-electron chi connectivity index (χ3n) is 8.46. The zero-order chi connectivity index (χ0) is 23.8. The van der Waals surface area contributed by atoms with Gasteiger partial charge in [-0.3, -0.25) is 4.98 Å². The van der Waals surface area contributed by atoms with Crippen LogP contribution >= 0.6 is 0 Å². The molecule has 0 amide bonds. The van der Waals surface area contributed by atoms with Crippen LogP contribution in [0.2, 0.25) is 0 Å². The molecule has 7 rings (SSSR count). The van der Waals surface area contributed by atoms with E-state index < -0.39 is 0 Å². The minimum atomic E-state index is 0.768. The lowest BCUT2D eigenvalue weighted by molar-refractivity contribution is 0.394. The Balaban J connectivity index is 1.61. The van der Waals surface area contributed by atoms with E-state index in [9.17, 15) is 0 Å². The van der Waals surface area contributed by atoms with Crippen LogP contribution in [0.4, 0.5) is 0 Å². The highest BCUT2D eigenvalue weighted by molar-refractivity contribution is 6.28. The third kappa shape index (κ3) is 3.05. The van der Waals surface area contributed by atoms with Gasteiger partial charge in [-0.2, -0.15) is 0 Å². The zero-order valence-corrected chi connectivity index (χ0v) is 21.0. The Labute approximate surface area is 206 Å². The maximum absolute atomic E-state index is 4.97. The molecule has 1 fully saturated rings. The van der Waals surface area contributed by atoms with E-state index >= 15 is 0 Å². The molecule has 6 aromatic rings. The summed E-state index contributed by atoms with van der Waals surface area (Å²) in [6.45, 7) is 11.0. The lowest BCUT2D eigenvalue weighted by Gasteiger charge is -2.23. The molecule has 1 atom stereocenters. The lowest BCUT2D eigenvalue weighted by atomic mass is 9.82. The number of benzene rings is 3. The van der Waals surface area contributed by atoms with Crippen LogP contribution in [0, 0.1) is 26.7 Å². The smallest absolute Gasteiger partial charge is 0.0822 e. The molecule has 0 bridgehead atoms. The van der Waals surface area contributed by atoms with Crippen LogP contribution in [0.5, 0.6) is 0 Å². The van der Waals surface area contributed by atoms with Crippen LogP contribution < -0.4 is 0 Å². The van der Waals surface area contributed by atoms with Gasteiger partial charge in [0.15, 0.2) is 0 Å². The quantitative estimate of drug-likeness (QED) is 0.147. The standard InChI is InChI=1S/C33H32N2/c1-19-6-5-7-23(15-19)9-10-24-18-25-12-13-34-31-27-17-21(3)14-22(4)32(27)35-28-11-8-20(2)16-26(28)29(24)33(35)30(25)31/h8,11-14,16-18,23H,1,5-7,9-10,15H2,2-4H3. The number of fused-ring (bicyclic) bond motifs is 6. The molecule has 2 heteroatoms. The molecule has 35 heavy (non-hydrogen) atoms. The molecule has 0 N–H and O–H groups in total. The van der Waals surface area contributed by atoms with Crippen molar-refractivity contribution in [2.75, 3.05) is 0 Å². The van der Waals surface area contributed by atoms with Gasteiger partial charge in [0.1, 0.15) is 0 Å². The van der Waals surface area contributed by atoms with Gasteiger partial charge < -0.3 is 4.40 Å². The number of hydrogen-bond donors (Lipinski definition) is 0. The Bertz CT molecular complexity index is 1800. The van der Waals surface area contributed by atoms with Crippen molar-refractivity contribution in [3.05, 3.63) is 83.1 Å². The SMILES string of the molecule is C=C1CCCC(CCc2cc3ccnc4c5cc(C)cc(C)c5n5c6ccc(C)cc6c2c5c34)C1. The molecule has 3 aromatic carbocycles. The summed E-state index contributed by atoms with van der Waals surface area (Å²) in [4.78, 5) is 4.97. The fraction of sp³-hybridized carbons (Fsp3) is 0.303. The molecule has 3 heterocycles. The number of rotatable bonds is 3. The van der Waals surface area contributed by atoms with Gasteiger partial charge in [0.25, 0.3) is 0 Å². The van der Waals surface area contributed by atoms with Crippen molar-refractivity contribution in [1.29, 1.82) is 0 Å². The molecule has 0 radical (unpaired) electrons. The number of nitrogens with zero attached hydrogens (tertiary/aromatic N) is 2. The largest absolute Gasteiger partial charge is 0.308 e. The number of aromatic nitrogens is 2. The first-order chi connectivity index (χ1) is 17.0. The van der Waals surface area contributed by atoms with Crippen LogP contribution in [0.25, 0.3) is 49.0 Å². The van der Waals surface area contributed by atoms with Gasteiger partial charge in [0, 0.05) is 27.7 Å². The Morgan fingerprint density at radius 3 is 2.66 bits per heavy atom. The van der Waals surface area contributed by atoms with E-state index in [-0.39, 0.29) is 0 Å². The topological polar surface area (TPSA) is 17.3 Å². The van der Waals surface area contributed by atoms with Crippen molar-refractivity contribution in [3.63, 3.8) is 0 Å². The van der Waals surface area contributed by atoms with Crippen molar-refractivity contribution < 1.29 is 0 Å². The lowest BCUT2D eigenvalue weighted by Crippen LogP contribution is -2.09. The van der Waals surface area contributed by atoms with Gasteiger partial charge in [-0.1, -0.05) is 41.5 Å². The normalized spacial score (nSPS) is 17.1. The molecule has 174 valence electrons. The monoisotopic (exact) mass is 456 g/mol. The second-order valence-corrected chi connectivity index (χ2v) is 11.1. The van der Waals surface area contributed by atoms with E-state index in [0.717, 1.165) is 17.9 Å². The van der Waals surface area contributed by atoms with Gasteiger partial charge in [-0.05, 0) is 106 Å². The fourth-order valence-electron chi connectivity index (χ4n) is 7.00. The van der Waals surface area contributed by atoms with Gasteiger partial charge in [-0.15, -0.1) is 0 Å². The minimum absolute atomic E-state index is 0.768. The molecule has 0 saturated heterocycles. The summed E-state index contributed by atoms with van der Waals surface area (Å²) in [5.74, 6) is 0.768. The highest BCUT2D eigenvalue weighted by atomic mass is 14.9. The molecule has 1 aliphatic rings. The molecule has 0 spiro atoms. The Hall–Kier alpha value is -3.39. The van der Waals surface area contributed by atoms with E-state index in [1.807, 2.05) is 6.20 Å². The number of hydrogen-bond acceptors (Lipinski definition) is 1. The van der Waals surface area contributed by atoms with Crippen LogP contribution in [0.1, 0.15) is 54.4 Å².